The number of carbonyl (C=O) groups is 2. The van der Waals surface area contributed by atoms with E-state index >= 15 is 0 Å². The van der Waals surface area contributed by atoms with E-state index in [4.69, 9.17) is 17.0 Å². The lowest BCUT2D eigenvalue weighted by molar-refractivity contribution is -0.124. The van der Waals surface area contributed by atoms with E-state index in [1.54, 1.807) is 12.1 Å². The molecule has 0 aliphatic carbocycles. The second kappa shape index (κ2) is 10.7. The Morgan fingerprint density at radius 2 is 1.27 bits per heavy atom. The molecule has 6 nitrogen and oxygen atoms in total. The number of amides is 2. The first-order chi connectivity index (χ1) is 14.6. The Labute approximate surface area is 180 Å². The van der Waals surface area contributed by atoms with Gasteiger partial charge < -0.3 is 10.1 Å². The van der Waals surface area contributed by atoms with E-state index in [1.807, 2.05) is 78.9 Å². The van der Waals surface area contributed by atoms with Crippen LogP contribution in [0.15, 0.2) is 91.0 Å². The molecule has 0 spiro atoms. The van der Waals surface area contributed by atoms with Gasteiger partial charge in [-0.05, 0) is 35.5 Å². The van der Waals surface area contributed by atoms with Gasteiger partial charge in [0, 0.05) is 0 Å². The maximum absolute atomic E-state index is 12.9. The summed E-state index contributed by atoms with van der Waals surface area (Å²) >= 11 is 5.15. The third-order valence-corrected chi connectivity index (χ3v) is 4.40. The Morgan fingerprint density at radius 1 is 0.767 bits per heavy atom. The van der Waals surface area contributed by atoms with Crippen LogP contribution in [0.1, 0.15) is 17.0 Å². The highest BCUT2D eigenvalue weighted by atomic mass is 32.1. The zero-order valence-corrected chi connectivity index (χ0v) is 16.9. The molecule has 3 aromatic carbocycles. The fourth-order valence-corrected chi connectivity index (χ4v) is 2.98. The van der Waals surface area contributed by atoms with Gasteiger partial charge in [-0.15, -0.1) is 0 Å². The third-order valence-electron chi connectivity index (χ3n) is 4.19. The second-order valence-corrected chi connectivity index (χ2v) is 6.76. The summed E-state index contributed by atoms with van der Waals surface area (Å²) in [6.45, 7) is -0.190. The number of thiocarbonyl (C=S) groups is 1. The summed E-state index contributed by atoms with van der Waals surface area (Å²) in [5.74, 6) is -0.695. The summed E-state index contributed by atoms with van der Waals surface area (Å²) in [5, 5.41) is 2.62. The van der Waals surface area contributed by atoms with Gasteiger partial charge in [-0.25, -0.2) is 0 Å². The van der Waals surface area contributed by atoms with Gasteiger partial charge in [-0.2, -0.15) is 0 Å². The molecule has 0 atom stereocenters. The van der Waals surface area contributed by atoms with Gasteiger partial charge in [-0.1, -0.05) is 78.9 Å². The molecule has 30 heavy (non-hydrogen) atoms. The standard InChI is InChI=1S/C23H21N3O3S/c27-20(16-29-19-14-8-3-9-15-19)25-26-23(30)24-22(28)21(17-10-4-1-5-11-17)18-12-6-2-7-13-18/h1-15,21H,16H2,(H,25,27)(H2,24,26,28,30). The average Bonchev–Trinajstić information content (AvgIpc) is 2.78. The summed E-state index contributed by atoms with van der Waals surface area (Å²) in [6, 6.07) is 27.8. The van der Waals surface area contributed by atoms with Crippen molar-refractivity contribution >= 4 is 29.1 Å². The van der Waals surface area contributed by atoms with Gasteiger partial charge >= 0.3 is 0 Å². The van der Waals surface area contributed by atoms with Crippen LogP contribution in [0.3, 0.4) is 0 Å². The van der Waals surface area contributed by atoms with Gasteiger partial charge in [0.2, 0.25) is 5.91 Å². The largest absolute Gasteiger partial charge is 0.484 e. The molecule has 3 rings (SSSR count). The van der Waals surface area contributed by atoms with E-state index in [0.717, 1.165) is 11.1 Å². The van der Waals surface area contributed by atoms with Crippen molar-refractivity contribution in [2.75, 3.05) is 6.61 Å². The molecule has 0 aliphatic rings. The summed E-state index contributed by atoms with van der Waals surface area (Å²) in [6.07, 6.45) is 0. The summed E-state index contributed by atoms with van der Waals surface area (Å²) in [4.78, 5) is 24.8. The van der Waals surface area contributed by atoms with Crippen LogP contribution >= 0.6 is 12.2 Å². The van der Waals surface area contributed by atoms with E-state index in [2.05, 4.69) is 16.2 Å². The highest BCUT2D eigenvalue weighted by molar-refractivity contribution is 7.80. The lowest BCUT2D eigenvalue weighted by Crippen LogP contribution is -2.50. The van der Waals surface area contributed by atoms with E-state index in [-0.39, 0.29) is 17.6 Å². The highest BCUT2D eigenvalue weighted by Crippen LogP contribution is 2.24. The number of rotatable bonds is 6. The molecule has 0 bridgehead atoms. The molecule has 0 unspecified atom stereocenters. The van der Waals surface area contributed by atoms with Crippen LogP contribution in [0.4, 0.5) is 0 Å². The minimum atomic E-state index is -0.538. The number of hydrogen-bond acceptors (Lipinski definition) is 4. The Kier molecular flexibility index (Phi) is 7.51. The maximum Gasteiger partial charge on any atom is 0.276 e. The van der Waals surface area contributed by atoms with Gasteiger partial charge in [0.15, 0.2) is 11.7 Å². The number of benzene rings is 3. The SMILES string of the molecule is O=C(COc1ccccc1)NNC(=S)NC(=O)C(c1ccccc1)c1ccccc1. The predicted molar refractivity (Wildman–Crippen MR) is 119 cm³/mol. The van der Waals surface area contributed by atoms with Crippen LogP contribution in [0.5, 0.6) is 5.75 Å². The van der Waals surface area contributed by atoms with Crippen molar-refractivity contribution < 1.29 is 14.3 Å². The first-order valence-corrected chi connectivity index (χ1v) is 9.72. The monoisotopic (exact) mass is 419 g/mol. The lowest BCUT2D eigenvalue weighted by atomic mass is 9.90. The fraction of sp³-hybridized carbons (Fsp3) is 0.0870. The zero-order valence-electron chi connectivity index (χ0n) is 16.1. The lowest BCUT2D eigenvalue weighted by Gasteiger charge is -2.18. The second-order valence-electron chi connectivity index (χ2n) is 6.35. The first kappa shape index (κ1) is 21.0. The quantitative estimate of drug-likeness (QED) is 0.423. The van der Waals surface area contributed by atoms with Crippen molar-refractivity contribution in [3.05, 3.63) is 102 Å². The van der Waals surface area contributed by atoms with Crippen molar-refractivity contribution in [3.63, 3.8) is 0 Å². The molecule has 0 saturated carbocycles. The molecule has 3 aromatic rings. The molecule has 0 aliphatic heterocycles. The smallest absolute Gasteiger partial charge is 0.276 e. The van der Waals surface area contributed by atoms with Crippen molar-refractivity contribution in [1.29, 1.82) is 0 Å². The number of para-hydroxylation sites is 1. The molecular weight excluding hydrogens is 398 g/mol. The van der Waals surface area contributed by atoms with Crippen molar-refractivity contribution in [3.8, 4) is 5.75 Å². The van der Waals surface area contributed by atoms with Crippen LogP contribution < -0.4 is 20.9 Å². The summed E-state index contributed by atoms with van der Waals surface area (Å²) in [5.41, 5.74) is 6.61. The van der Waals surface area contributed by atoms with Gasteiger partial charge in [0.1, 0.15) is 5.75 Å². The maximum atomic E-state index is 12.9. The molecule has 0 aromatic heterocycles. The topological polar surface area (TPSA) is 79.5 Å². The third kappa shape index (κ3) is 6.15. The minimum Gasteiger partial charge on any atom is -0.484 e. The number of hydrazine groups is 1. The molecule has 0 fully saturated rings. The van der Waals surface area contributed by atoms with E-state index < -0.39 is 11.8 Å². The van der Waals surface area contributed by atoms with Crippen LogP contribution in [0, 0.1) is 0 Å². The first-order valence-electron chi connectivity index (χ1n) is 9.31. The van der Waals surface area contributed by atoms with Crippen LogP contribution in [-0.2, 0) is 9.59 Å². The summed E-state index contributed by atoms with van der Waals surface area (Å²) in [7, 11) is 0. The number of hydrogen-bond donors (Lipinski definition) is 3. The molecule has 2 amide bonds. The Balaban J connectivity index is 1.55. The number of carbonyl (C=O) groups excluding carboxylic acids is 2. The molecule has 152 valence electrons. The van der Waals surface area contributed by atoms with E-state index in [1.165, 1.54) is 0 Å². The Bertz CT molecular complexity index is 943. The van der Waals surface area contributed by atoms with Crippen LogP contribution in [0.2, 0.25) is 0 Å². The molecule has 0 radical (unpaired) electrons. The van der Waals surface area contributed by atoms with Crippen molar-refractivity contribution in [1.82, 2.24) is 16.2 Å². The predicted octanol–water partition coefficient (Wildman–Crippen LogP) is 2.92. The van der Waals surface area contributed by atoms with E-state index in [0.29, 0.717) is 5.75 Å². The Hall–Kier alpha value is -3.71. The van der Waals surface area contributed by atoms with Gasteiger partial charge in [0.25, 0.3) is 5.91 Å². The molecule has 0 heterocycles. The van der Waals surface area contributed by atoms with Gasteiger partial charge in [0.05, 0.1) is 5.92 Å². The fourth-order valence-electron chi connectivity index (χ4n) is 2.83. The average molecular weight is 420 g/mol. The van der Waals surface area contributed by atoms with Gasteiger partial charge in [-0.3, -0.25) is 20.4 Å². The van der Waals surface area contributed by atoms with Crippen LogP contribution in [-0.4, -0.2) is 23.5 Å². The highest BCUT2D eigenvalue weighted by Gasteiger charge is 2.23. The number of nitrogens with one attached hydrogen (secondary N) is 3. The normalized spacial score (nSPS) is 10.2. The minimum absolute atomic E-state index is 0.00933. The molecule has 3 N–H and O–H groups in total. The van der Waals surface area contributed by atoms with Crippen molar-refractivity contribution in [2.24, 2.45) is 0 Å². The Morgan fingerprint density at radius 3 is 1.80 bits per heavy atom. The number of ether oxygens (including phenoxy) is 1. The molecule has 0 saturated heterocycles. The van der Waals surface area contributed by atoms with Crippen LogP contribution in [0.25, 0.3) is 0 Å². The van der Waals surface area contributed by atoms with E-state index in [9.17, 15) is 9.59 Å². The molecule has 7 heteroatoms. The summed E-state index contributed by atoms with van der Waals surface area (Å²) < 4.78 is 5.35. The zero-order chi connectivity index (χ0) is 21.2. The van der Waals surface area contributed by atoms with Crippen molar-refractivity contribution in [2.45, 2.75) is 5.92 Å². The molecular formula is C23H21N3O3S.